The van der Waals surface area contributed by atoms with Crippen molar-refractivity contribution in [1.29, 1.82) is 0 Å². The summed E-state index contributed by atoms with van der Waals surface area (Å²) in [5.74, 6) is 0.0429. The third-order valence-corrected chi connectivity index (χ3v) is 2.08. The lowest BCUT2D eigenvalue weighted by atomic mass is 10.2. The quantitative estimate of drug-likeness (QED) is 0.816. The Hall–Kier alpha value is -1.34. The molecule has 0 radical (unpaired) electrons. The van der Waals surface area contributed by atoms with Gasteiger partial charge in [-0.05, 0) is 6.07 Å². The van der Waals surface area contributed by atoms with E-state index in [1.54, 1.807) is 0 Å². The molecule has 96 valence electrons. The number of halogens is 3. The summed E-state index contributed by atoms with van der Waals surface area (Å²) in [4.78, 5) is 4.70. The molecule has 2 N–H and O–H groups in total. The maximum Gasteiger partial charge on any atom is 0.405 e. The first-order valence-corrected chi connectivity index (χ1v) is 4.95. The van der Waals surface area contributed by atoms with Crippen LogP contribution >= 0.6 is 0 Å². The summed E-state index contributed by atoms with van der Waals surface area (Å²) in [6, 6.07) is 3.02. The molecule has 0 fully saturated rings. The van der Waals surface area contributed by atoms with Crippen molar-refractivity contribution in [2.24, 2.45) is 0 Å². The molecule has 0 saturated heterocycles. The van der Waals surface area contributed by atoms with E-state index in [2.05, 4.69) is 4.98 Å². The summed E-state index contributed by atoms with van der Waals surface area (Å²) >= 11 is 0. The molecule has 7 heteroatoms. The first-order chi connectivity index (χ1) is 7.98. The Morgan fingerprint density at radius 1 is 1.29 bits per heavy atom. The Labute approximate surface area is 96.3 Å². The number of nitrogens with zero attached hydrogens (tertiary/aromatic N) is 2. The van der Waals surface area contributed by atoms with E-state index in [9.17, 15) is 13.2 Å². The van der Waals surface area contributed by atoms with Crippen LogP contribution in [0.3, 0.4) is 0 Å². The minimum atomic E-state index is -4.39. The van der Waals surface area contributed by atoms with Crippen LogP contribution in [-0.2, 0) is 6.61 Å². The fourth-order valence-corrected chi connectivity index (χ4v) is 1.44. The van der Waals surface area contributed by atoms with Crippen molar-refractivity contribution in [2.45, 2.75) is 12.8 Å². The highest BCUT2D eigenvalue weighted by Crippen LogP contribution is 2.23. The van der Waals surface area contributed by atoms with E-state index in [0.29, 0.717) is 5.56 Å². The number of aliphatic hydroxyl groups is 2. The van der Waals surface area contributed by atoms with E-state index in [4.69, 9.17) is 10.2 Å². The van der Waals surface area contributed by atoms with Crippen LogP contribution in [0.15, 0.2) is 18.3 Å². The maximum absolute atomic E-state index is 12.3. The predicted octanol–water partition coefficient (Wildman–Crippen LogP) is 0.935. The number of aliphatic hydroxyl groups excluding tert-OH is 2. The third kappa shape index (κ3) is 4.20. The number of pyridine rings is 1. The number of hydrogen-bond donors (Lipinski definition) is 2. The monoisotopic (exact) mass is 250 g/mol. The Balaban J connectivity index is 2.96. The van der Waals surface area contributed by atoms with Crippen molar-refractivity contribution in [3.8, 4) is 0 Å². The molecule has 0 saturated carbocycles. The summed E-state index contributed by atoms with van der Waals surface area (Å²) in [6.45, 7) is -2.22. The lowest BCUT2D eigenvalue weighted by molar-refractivity contribution is -0.120. The number of alkyl halides is 3. The summed E-state index contributed by atoms with van der Waals surface area (Å²) < 4.78 is 37.0. The molecule has 4 nitrogen and oxygen atoms in total. The largest absolute Gasteiger partial charge is 0.405 e. The maximum atomic E-state index is 12.3. The molecule has 0 aliphatic carbocycles. The second-order valence-electron chi connectivity index (χ2n) is 3.40. The predicted molar refractivity (Wildman–Crippen MR) is 55.5 cm³/mol. The Morgan fingerprint density at radius 3 is 2.53 bits per heavy atom. The second-order valence-corrected chi connectivity index (χ2v) is 3.40. The van der Waals surface area contributed by atoms with Gasteiger partial charge >= 0.3 is 6.18 Å². The highest BCUT2D eigenvalue weighted by molar-refractivity contribution is 5.46. The Morgan fingerprint density at radius 2 is 2.00 bits per heavy atom. The van der Waals surface area contributed by atoms with Crippen molar-refractivity contribution in [1.82, 2.24) is 4.98 Å². The first-order valence-electron chi connectivity index (χ1n) is 4.95. The van der Waals surface area contributed by atoms with E-state index in [1.165, 1.54) is 18.3 Å². The molecule has 0 spiro atoms. The third-order valence-electron chi connectivity index (χ3n) is 2.08. The molecule has 0 aromatic carbocycles. The van der Waals surface area contributed by atoms with Crippen LogP contribution in [0.5, 0.6) is 0 Å². The van der Waals surface area contributed by atoms with Crippen molar-refractivity contribution in [3.05, 3.63) is 23.9 Å². The Kier molecular flexibility index (Phi) is 4.71. The van der Waals surface area contributed by atoms with Crippen LogP contribution in [-0.4, -0.2) is 41.1 Å². The fraction of sp³-hybridized carbons (Fsp3) is 0.500. The molecule has 1 heterocycles. The molecule has 0 bridgehead atoms. The Bertz CT molecular complexity index is 358. The molecule has 0 unspecified atom stereocenters. The van der Waals surface area contributed by atoms with E-state index in [-0.39, 0.29) is 12.4 Å². The lowest BCUT2D eigenvalue weighted by Gasteiger charge is -2.25. The average Bonchev–Trinajstić information content (AvgIpc) is 2.27. The number of aromatic nitrogens is 1. The van der Waals surface area contributed by atoms with E-state index in [0.717, 1.165) is 4.90 Å². The van der Waals surface area contributed by atoms with Crippen molar-refractivity contribution in [2.75, 3.05) is 24.6 Å². The zero-order valence-electron chi connectivity index (χ0n) is 8.98. The lowest BCUT2D eigenvalue weighted by Crippen LogP contribution is -2.37. The van der Waals surface area contributed by atoms with Crippen molar-refractivity contribution >= 4 is 5.82 Å². The van der Waals surface area contributed by atoms with Crippen LogP contribution in [0.1, 0.15) is 5.56 Å². The van der Waals surface area contributed by atoms with Gasteiger partial charge in [-0.2, -0.15) is 13.2 Å². The van der Waals surface area contributed by atoms with Crippen LogP contribution in [0.4, 0.5) is 19.0 Å². The normalized spacial score (nSPS) is 11.6. The minimum Gasteiger partial charge on any atom is -0.395 e. The number of hydrogen-bond acceptors (Lipinski definition) is 4. The van der Waals surface area contributed by atoms with Gasteiger partial charge in [0.15, 0.2) is 0 Å². The van der Waals surface area contributed by atoms with Gasteiger partial charge in [0.05, 0.1) is 13.2 Å². The molecular weight excluding hydrogens is 237 g/mol. The molecular formula is C10H13F3N2O2. The van der Waals surface area contributed by atoms with Crippen LogP contribution in [0, 0.1) is 0 Å². The SMILES string of the molecule is OCCN(CC(F)(F)F)c1ncccc1CO. The van der Waals surface area contributed by atoms with Gasteiger partial charge in [0, 0.05) is 18.3 Å². The van der Waals surface area contributed by atoms with Crippen LogP contribution in [0.2, 0.25) is 0 Å². The van der Waals surface area contributed by atoms with E-state index >= 15 is 0 Å². The molecule has 17 heavy (non-hydrogen) atoms. The summed E-state index contributed by atoms with van der Waals surface area (Å²) in [7, 11) is 0. The highest BCUT2D eigenvalue weighted by Gasteiger charge is 2.31. The zero-order chi connectivity index (χ0) is 12.9. The topological polar surface area (TPSA) is 56.6 Å². The van der Waals surface area contributed by atoms with Crippen molar-refractivity contribution in [3.63, 3.8) is 0 Å². The summed E-state index contributed by atoms with van der Waals surface area (Å²) in [6.07, 6.45) is -3.05. The second kappa shape index (κ2) is 5.83. The average molecular weight is 250 g/mol. The number of rotatable bonds is 5. The molecule has 1 aromatic rings. The highest BCUT2D eigenvalue weighted by atomic mass is 19.4. The van der Waals surface area contributed by atoms with Gasteiger partial charge in [-0.15, -0.1) is 0 Å². The molecule has 0 aliphatic rings. The standard InChI is InChI=1S/C10H13F3N2O2/c11-10(12,13)7-15(4-5-16)9-8(6-17)2-1-3-14-9/h1-3,16-17H,4-7H2. The zero-order valence-corrected chi connectivity index (χ0v) is 8.98. The first kappa shape index (κ1) is 13.7. The van der Waals surface area contributed by atoms with E-state index in [1.807, 2.05) is 0 Å². The van der Waals surface area contributed by atoms with Crippen molar-refractivity contribution < 1.29 is 23.4 Å². The minimum absolute atomic E-state index is 0.0429. The number of anilines is 1. The molecule has 1 aromatic heterocycles. The van der Waals surface area contributed by atoms with Gasteiger partial charge in [0.1, 0.15) is 12.4 Å². The molecule has 0 amide bonds. The van der Waals surface area contributed by atoms with Crippen LogP contribution in [0.25, 0.3) is 0 Å². The van der Waals surface area contributed by atoms with Gasteiger partial charge in [0.25, 0.3) is 0 Å². The van der Waals surface area contributed by atoms with Crippen LogP contribution < -0.4 is 4.90 Å². The molecule has 0 aliphatic heterocycles. The van der Waals surface area contributed by atoms with Gasteiger partial charge in [-0.25, -0.2) is 4.98 Å². The van der Waals surface area contributed by atoms with Gasteiger partial charge in [0.2, 0.25) is 0 Å². The smallest absolute Gasteiger partial charge is 0.395 e. The fourth-order valence-electron chi connectivity index (χ4n) is 1.44. The summed E-state index contributed by atoms with van der Waals surface area (Å²) in [5.41, 5.74) is 0.296. The van der Waals surface area contributed by atoms with Gasteiger partial charge in [-0.1, -0.05) is 6.07 Å². The van der Waals surface area contributed by atoms with Gasteiger partial charge < -0.3 is 15.1 Å². The molecule has 1 rings (SSSR count). The summed E-state index contributed by atoms with van der Waals surface area (Å²) in [5, 5.41) is 17.8. The van der Waals surface area contributed by atoms with E-state index < -0.39 is 25.9 Å². The molecule has 0 atom stereocenters. The van der Waals surface area contributed by atoms with Gasteiger partial charge in [-0.3, -0.25) is 0 Å².